The van der Waals surface area contributed by atoms with Crippen molar-refractivity contribution in [1.29, 1.82) is 0 Å². The highest BCUT2D eigenvalue weighted by atomic mass is 16.1. The van der Waals surface area contributed by atoms with Crippen molar-refractivity contribution in [2.75, 3.05) is 0 Å². The van der Waals surface area contributed by atoms with E-state index in [2.05, 4.69) is 31.1 Å². The highest BCUT2D eigenvalue weighted by Gasteiger charge is 2.00. The van der Waals surface area contributed by atoms with Crippen molar-refractivity contribution in [3.63, 3.8) is 0 Å². The first-order valence-electron chi connectivity index (χ1n) is 6.82. The van der Waals surface area contributed by atoms with Crippen LogP contribution in [0, 0.1) is 13.8 Å². The van der Waals surface area contributed by atoms with E-state index in [-0.39, 0.29) is 5.56 Å². The number of rotatable bonds is 3. The minimum atomic E-state index is -0.0995. The van der Waals surface area contributed by atoms with E-state index >= 15 is 0 Å². The molecule has 3 heteroatoms. The monoisotopic (exact) mass is 268 g/mol. The van der Waals surface area contributed by atoms with Gasteiger partial charge in [-0.05, 0) is 42.5 Å². The van der Waals surface area contributed by atoms with Crippen LogP contribution in [0.2, 0.25) is 0 Å². The zero-order chi connectivity index (χ0) is 14.7. The van der Waals surface area contributed by atoms with Crippen molar-refractivity contribution in [3.8, 4) is 0 Å². The maximum atomic E-state index is 11.9. The maximum absolute atomic E-state index is 11.9. The third-order valence-corrected chi connectivity index (χ3v) is 3.26. The molecule has 0 aliphatic heterocycles. The first-order valence-corrected chi connectivity index (χ1v) is 6.82. The third-order valence-electron chi connectivity index (χ3n) is 3.26. The van der Waals surface area contributed by atoms with Gasteiger partial charge in [-0.25, -0.2) is 4.68 Å². The number of nitrogens with zero attached hydrogens (tertiary/aromatic N) is 2. The van der Waals surface area contributed by atoms with E-state index in [0.29, 0.717) is 5.92 Å². The maximum Gasteiger partial charge on any atom is 0.271 e. The smallest absolute Gasteiger partial charge is 0.267 e. The molecule has 1 aromatic heterocycles. The molecule has 0 spiro atoms. The number of pyridine rings is 1. The fourth-order valence-corrected chi connectivity index (χ4v) is 2.10. The average Bonchev–Trinajstić information content (AvgIpc) is 2.38. The molecule has 0 bridgehead atoms. The summed E-state index contributed by atoms with van der Waals surface area (Å²) in [5.41, 5.74) is 3.98. The summed E-state index contributed by atoms with van der Waals surface area (Å²) < 4.78 is 1.42. The van der Waals surface area contributed by atoms with Gasteiger partial charge in [0.05, 0.1) is 6.21 Å². The number of aromatic nitrogens is 1. The molecule has 104 valence electrons. The van der Waals surface area contributed by atoms with Crippen molar-refractivity contribution >= 4 is 6.21 Å². The average molecular weight is 268 g/mol. The molecule has 2 rings (SSSR count). The Morgan fingerprint density at radius 3 is 2.30 bits per heavy atom. The Labute approximate surface area is 119 Å². The van der Waals surface area contributed by atoms with Crippen LogP contribution in [-0.2, 0) is 0 Å². The molecule has 0 aliphatic carbocycles. The van der Waals surface area contributed by atoms with Gasteiger partial charge in [-0.3, -0.25) is 4.79 Å². The SMILES string of the molecule is Cc1cc(C)n(N=Cc2ccc(C(C)C)cc2)c(=O)c1. The molecular weight excluding hydrogens is 248 g/mol. The van der Waals surface area contributed by atoms with Gasteiger partial charge in [0.2, 0.25) is 0 Å². The summed E-state index contributed by atoms with van der Waals surface area (Å²) in [6, 6.07) is 11.8. The van der Waals surface area contributed by atoms with Crippen molar-refractivity contribution < 1.29 is 0 Å². The summed E-state index contributed by atoms with van der Waals surface area (Å²) in [6.45, 7) is 8.12. The van der Waals surface area contributed by atoms with E-state index in [1.54, 1.807) is 12.3 Å². The third kappa shape index (κ3) is 3.23. The second-order valence-electron chi connectivity index (χ2n) is 5.39. The van der Waals surface area contributed by atoms with Gasteiger partial charge >= 0.3 is 0 Å². The minimum Gasteiger partial charge on any atom is -0.267 e. The van der Waals surface area contributed by atoms with Gasteiger partial charge in [0.25, 0.3) is 5.56 Å². The van der Waals surface area contributed by atoms with Crippen molar-refractivity contribution in [2.24, 2.45) is 5.10 Å². The molecule has 0 radical (unpaired) electrons. The summed E-state index contributed by atoms with van der Waals surface area (Å²) in [7, 11) is 0. The lowest BCUT2D eigenvalue weighted by atomic mass is 10.0. The molecule has 20 heavy (non-hydrogen) atoms. The predicted molar refractivity (Wildman–Crippen MR) is 83.7 cm³/mol. The summed E-state index contributed by atoms with van der Waals surface area (Å²) in [4.78, 5) is 11.9. The molecule has 1 heterocycles. The van der Waals surface area contributed by atoms with Gasteiger partial charge < -0.3 is 0 Å². The number of hydrogen-bond donors (Lipinski definition) is 0. The van der Waals surface area contributed by atoms with Crippen molar-refractivity contribution in [1.82, 2.24) is 4.68 Å². The van der Waals surface area contributed by atoms with Crippen molar-refractivity contribution in [2.45, 2.75) is 33.6 Å². The molecule has 0 aliphatic rings. The molecule has 3 nitrogen and oxygen atoms in total. The molecular formula is C17H20N2O. The van der Waals surface area contributed by atoms with Crippen LogP contribution in [0.15, 0.2) is 46.3 Å². The van der Waals surface area contributed by atoms with Crippen LogP contribution < -0.4 is 5.56 Å². The molecule has 0 saturated carbocycles. The van der Waals surface area contributed by atoms with E-state index < -0.39 is 0 Å². The normalized spacial score (nSPS) is 11.4. The summed E-state index contributed by atoms with van der Waals surface area (Å²) in [6.07, 6.45) is 1.72. The molecule has 1 aromatic carbocycles. The van der Waals surface area contributed by atoms with E-state index in [4.69, 9.17) is 0 Å². The molecule has 0 amide bonds. The second kappa shape index (κ2) is 5.87. The Morgan fingerprint density at radius 1 is 1.10 bits per heavy atom. The van der Waals surface area contributed by atoms with E-state index in [9.17, 15) is 4.79 Å². The highest BCUT2D eigenvalue weighted by molar-refractivity contribution is 5.79. The lowest BCUT2D eigenvalue weighted by Crippen LogP contribution is -2.18. The molecule has 0 unspecified atom stereocenters. The first-order chi connectivity index (χ1) is 9.47. The largest absolute Gasteiger partial charge is 0.271 e. The van der Waals surface area contributed by atoms with Crippen LogP contribution in [-0.4, -0.2) is 10.9 Å². The van der Waals surface area contributed by atoms with E-state index in [0.717, 1.165) is 16.8 Å². The van der Waals surface area contributed by atoms with Gasteiger partial charge in [-0.15, -0.1) is 0 Å². The van der Waals surface area contributed by atoms with Crippen LogP contribution in [0.25, 0.3) is 0 Å². The van der Waals surface area contributed by atoms with Crippen LogP contribution >= 0.6 is 0 Å². The number of aryl methyl sites for hydroxylation is 2. The molecule has 2 aromatic rings. The zero-order valence-corrected chi connectivity index (χ0v) is 12.4. The van der Waals surface area contributed by atoms with Gasteiger partial charge in [-0.1, -0.05) is 38.1 Å². The van der Waals surface area contributed by atoms with Crippen LogP contribution in [0.1, 0.15) is 42.1 Å². The van der Waals surface area contributed by atoms with Crippen LogP contribution in [0.4, 0.5) is 0 Å². The zero-order valence-electron chi connectivity index (χ0n) is 12.4. The van der Waals surface area contributed by atoms with Gasteiger partial charge in [-0.2, -0.15) is 5.10 Å². The fraction of sp³-hybridized carbons (Fsp3) is 0.294. The Morgan fingerprint density at radius 2 is 1.75 bits per heavy atom. The predicted octanol–water partition coefficient (Wildman–Crippen LogP) is 3.47. The van der Waals surface area contributed by atoms with Crippen LogP contribution in [0.5, 0.6) is 0 Å². The lowest BCUT2D eigenvalue weighted by molar-refractivity contribution is 0.790. The van der Waals surface area contributed by atoms with Gasteiger partial charge in [0, 0.05) is 11.8 Å². The summed E-state index contributed by atoms with van der Waals surface area (Å²) >= 11 is 0. The second-order valence-corrected chi connectivity index (χ2v) is 5.39. The fourth-order valence-electron chi connectivity index (χ4n) is 2.10. The summed E-state index contributed by atoms with van der Waals surface area (Å²) in [5, 5.41) is 4.27. The molecule has 0 fully saturated rings. The highest BCUT2D eigenvalue weighted by Crippen LogP contribution is 2.13. The van der Waals surface area contributed by atoms with E-state index in [1.807, 2.05) is 32.0 Å². The lowest BCUT2D eigenvalue weighted by Gasteiger charge is -2.05. The Hall–Kier alpha value is -2.16. The molecule has 0 atom stereocenters. The molecule has 0 saturated heterocycles. The topological polar surface area (TPSA) is 34.4 Å². The number of benzene rings is 1. The Kier molecular flexibility index (Phi) is 4.18. The standard InChI is InChI=1S/C17H20N2O/c1-12(2)16-7-5-15(6-8-16)11-18-19-14(4)9-13(3)10-17(19)20/h5-12H,1-4H3. The van der Waals surface area contributed by atoms with Crippen molar-refractivity contribution in [3.05, 3.63) is 69.1 Å². The van der Waals surface area contributed by atoms with Gasteiger partial charge in [0.15, 0.2) is 0 Å². The number of hydrogen-bond acceptors (Lipinski definition) is 2. The summed E-state index contributed by atoms with van der Waals surface area (Å²) in [5.74, 6) is 0.517. The van der Waals surface area contributed by atoms with Gasteiger partial charge in [0.1, 0.15) is 0 Å². The first kappa shape index (κ1) is 14.3. The molecule has 0 N–H and O–H groups in total. The Bertz CT molecular complexity index is 679. The quantitative estimate of drug-likeness (QED) is 0.785. The van der Waals surface area contributed by atoms with Crippen LogP contribution in [0.3, 0.4) is 0 Å². The van der Waals surface area contributed by atoms with E-state index in [1.165, 1.54) is 10.2 Å². The Balaban J connectivity index is 2.28. The minimum absolute atomic E-state index is 0.0995.